The normalized spacial score (nSPS) is 13.1. The monoisotopic (exact) mass is 214 g/mol. The van der Waals surface area contributed by atoms with Crippen LogP contribution in [0.3, 0.4) is 0 Å². The Morgan fingerprint density at radius 1 is 1.57 bits per heavy atom. The molecule has 1 aromatic heterocycles. The molecule has 0 saturated carbocycles. The number of ether oxygens (including phenoxy) is 1. The van der Waals surface area contributed by atoms with Gasteiger partial charge in [0.2, 0.25) is 0 Å². The molecule has 1 aromatic rings. The van der Waals surface area contributed by atoms with E-state index in [1.54, 1.807) is 11.3 Å². The summed E-state index contributed by atoms with van der Waals surface area (Å²) >= 11 is 1.69. The molecule has 0 aliphatic heterocycles. The summed E-state index contributed by atoms with van der Waals surface area (Å²) in [5.41, 5.74) is 1.10. The Labute approximate surface area is 89.5 Å². The van der Waals surface area contributed by atoms with Crippen molar-refractivity contribution in [3.8, 4) is 0 Å². The summed E-state index contributed by atoms with van der Waals surface area (Å²) in [6.07, 6.45) is 0. The molecular weight excluding hydrogens is 196 g/mol. The molecule has 4 heteroatoms. The molecule has 0 amide bonds. The molecule has 0 radical (unpaired) electrons. The number of nitrogens with one attached hydrogen (secondary N) is 1. The lowest BCUT2D eigenvalue weighted by atomic mass is 10.2. The van der Waals surface area contributed by atoms with Crippen molar-refractivity contribution in [1.82, 2.24) is 10.3 Å². The van der Waals surface area contributed by atoms with E-state index >= 15 is 0 Å². The first-order valence-corrected chi connectivity index (χ1v) is 5.89. The van der Waals surface area contributed by atoms with Crippen LogP contribution in [0.4, 0.5) is 0 Å². The Morgan fingerprint density at radius 3 is 2.86 bits per heavy atom. The first kappa shape index (κ1) is 11.6. The van der Waals surface area contributed by atoms with Crippen LogP contribution >= 0.6 is 11.3 Å². The largest absolute Gasteiger partial charge is 0.380 e. The van der Waals surface area contributed by atoms with Crippen molar-refractivity contribution in [2.75, 3.05) is 19.8 Å². The Hall–Kier alpha value is -0.450. The number of aromatic nitrogens is 1. The van der Waals surface area contributed by atoms with E-state index in [0.29, 0.717) is 6.61 Å². The first-order valence-electron chi connectivity index (χ1n) is 5.01. The van der Waals surface area contributed by atoms with Crippen molar-refractivity contribution in [3.05, 3.63) is 16.1 Å². The lowest BCUT2D eigenvalue weighted by Gasteiger charge is -2.15. The smallest absolute Gasteiger partial charge is 0.0898 e. The summed E-state index contributed by atoms with van der Waals surface area (Å²) in [4.78, 5) is 4.46. The highest BCUT2D eigenvalue weighted by Gasteiger charge is 2.12. The maximum absolute atomic E-state index is 5.41. The second-order valence-electron chi connectivity index (χ2n) is 3.06. The molecular formula is C10H18N2OS. The highest BCUT2D eigenvalue weighted by molar-refractivity contribution is 7.09. The number of thiazole rings is 1. The van der Waals surface area contributed by atoms with E-state index in [9.17, 15) is 0 Å². The first-order chi connectivity index (χ1) is 6.77. The zero-order valence-electron chi connectivity index (χ0n) is 9.04. The van der Waals surface area contributed by atoms with Crippen LogP contribution < -0.4 is 5.32 Å². The van der Waals surface area contributed by atoms with Crippen LogP contribution in [0.5, 0.6) is 0 Å². The minimum absolute atomic E-state index is 0.241. The molecule has 3 nitrogen and oxygen atoms in total. The maximum Gasteiger partial charge on any atom is 0.0898 e. The molecule has 1 heterocycles. The third kappa shape index (κ3) is 3.36. The predicted molar refractivity (Wildman–Crippen MR) is 59.8 cm³/mol. The van der Waals surface area contributed by atoms with Crippen LogP contribution in [0.25, 0.3) is 0 Å². The highest BCUT2D eigenvalue weighted by Crippen LogP contribution is 2.16. The topological polar surface area (TPSA) is 34.1 Å². The molecule has 0 aromatic carbocycles. The molecule has 0 aliphatic carbocycles. The lowest BCUT2D eigenvalue weighted by Crippen LogP contribution is -2.25. The van der Waals surface area contributed by atoms with Gasteiger partial charge in [-0.3, -0.25) is 0 Å². The van der Waals surface area contributed by atoms with Gasteiger partial charge in [0.25, 0.3) is 0 Å². The van der Waals surface area contributed by atoms with Gasteiger partial charge >= 0.3 is 0 Å². The number of rotatable bonds is 6. The molecule has 1 rings (SSSR count). The van der Waals surface area contributed by atoms with Crippen LogP contribution in [0.2, 0.25) is 0 Å². The van der Waals surface area contributed by atoms with E-state index in [1.807, 2.05) is 13.8 Å². The Bertz CT molecular complexity index is 262. The fourth-order valence-corrected chi connectivity index (χ4v) is 1.94. The van der Waals surface area contributed by atoms with Crippen molar-refractivity contribution >= 4 is 11.3 Å². The zero-order chi connectivity index (χ0) is 10.4. The number of hydrogen-bond donors (Lipinski definition) is 1. The minimum Gasteiger partial charge on any atom is -0.380 e. The van der Waals surface area contributed by atoms with Gasteiger partial charge in [0.15, 0.2) is 0 Å². The number of hydrogen-bond acceptors (Lipinski definition) is 4. The molecule has 0 fully saturated rings. The summed E-state index contributed by atoms with van der Waals surface area (Å²) in [6.45, 7) is 8.53. The van der Waals surface area contributed by atoms with Gasteiger partial charge in [-0.1, -0.05) is 6.92 Å². The van der Waals surface area contributed by atoms with E-state index in [2.05, 4.69) is 22.6 Å². The van der Waals surface area contributed by atoms with Gasteiger partial charge in [0, 0.05) is 12.0 Å². The van der Waals surface area contributed by atoms with Crippen LogP contribution in [-0.4, -0.2) is 24.7 Å². The Morgan fingerprint density at radius 2 is 2.36 bits per heavy atom. The van der Waals surface area contributed by atoms with Crippen LogP contribution in [0.15, 0.2) is 5.38 Å². The van der Waals surface area contributed by atoms with Crippen LogP contribution in [0.1, 0.15) is 30.6 Å². The second kappa shape index (κ2) is 6.11. The molecule has 1 unspecified atom stereocenters. The average Bonchev–Trinajstić information content (AvgIpc) is 2.59. The van der Waals surface area contributed by atoms with Gasteiger partial charge in [-0.25, -0.2) is 4.98 Å². The van der Waals surface area contributed by atoms with Gasteiger partial charge in [0.05, 0.1) is 23.4 Å². The van der Waals surface area contributed by atoms with E-state index in [-0.39, 0.29) is 6.04 Å². The van der Waals surface area contributed by atoms with Crippen LogP contribution in [0, 0.1) is 6.92 Å². The molecule has 80 valence electrons. The van der Waals surface area contributed by atoms with Gasteiger partial charge in [-0.2, -0.15) is 0 Å². The fraction of sp³-hybridized carbons (Fsp3) is 0.700. The molecule has 1 N–H and O–H groups in total. The average molecular weight is 214 g/mol. The lowest BCUT2D eigenvalue weighted by molar-refractivity contribution is 0.122. The number of nitrogens with zero attached hydrogens (tertiary/aromatic N) is 1. The molecule has 0 spiro atoms. The summed E-state index contributed by atoms with van der Waals surface area (Å²) in [5, 5.41) is 6.58. The molecule has 14 heavy (non-hydrogen) atoms. The minimum atomic E-state index is 0.241. The van der Waals surface area contributed by atoms with E-state index in [1.165, 1.54) is 0 Å². The van der Waals surface area contributed by atoms with Gasteiger partial charge in [-0.05, 0) is 20.4 Å². The van der Waals surface area contributed by atoms with Crippen molar-refractivity contribution in [2.45, 2.75) is 26.8 Å². The SMILES string of the molecule is CCNC(COCC)c1csc(C)n1. The molecule has 0 bridgehead atoms. The Balaban J connectivity index is 2.57. The summed E-state index contributed by atoms with van der Waals surface area (Å²) < 4.78 is 5.41. The fourth-order valence-electron chi connectivity index (χ4n) is 1.27. The molecule has 1 atom stereocenters. The van der Waals surface area contributed by atoms with Crippen molar-refractivity contribution in [1.29, 1.82) is 0 Å². The van der Waals surface area contributed by atoms with Gasteiger partial charge in [-0.15, -0.1) is 11.3 Å². The summed E-state index contributed by atoms with van der Waals surface area (Å²) in [6, 6.07) is 0.241. The van der Waals surface area contributed by atoms with E-state index < -0.39 is 0 Å². The number of likely N-dealkylation sites (N-methyl/N-ethyl adjacent to an activating group) is 1. The summed E-state index contributed by atoms with van der Waals surface area (Å²) in [5.74, 6) is 0. The molecule has 0 aliphatic rings. The summed E-state index contributed by atoms with van der Waals surface area (Å²) in [7, 11) is 0. The Kier molecular flexibility index (Phi) is 5.07. The highest BCUT2D eigenvalue weighted by atomic mass is 32.1. The zero-order valence-corrected chi connectivity index (χ0v) is 9.86. The maximum atomic E-state index is 5.41. The quantitative estimate of drug-likeness (QED) is 0.788. The third-order valence-corrected chi connectivity index (χ3v) is 2.72. The standard InChI is InChI=1S/C10H18N2OS/c1-4-11-9(6-13-5-2)10-7-14-8(3)12-10/h7,9,11H,4-6H2,1-3H3. The van der Waals surface area contributed by atoms with Crippen molar-refractivity contribution < 1.29 is 4.74 Å². The van der Waals surface area contributed by atoms with E-state index in [0.717, 1.165) is 23.9 Å². The van der Waals surface area contributed by atoms with Crippen molar-refractivity contribution in [2.24, 2.45) is 0 Å². The molecule has 0 saturated heterocycles. The van der Waals surface area contributed by atoms with Crippen molar-refractivity contribution in [3.63, 3.8) is 0 Å². The van der Waals surface area contributed by atoms with Gasteiger partial charge < -0.3 is 10.1 Å². The van der Waals surface area contributed by atoms with Gasteiger partial charge in [0.1, 0.15) is 0 Å². The second-order valence-corrected chi connectivity index (χ2v) is 4.12. The van der Waals surface area contributed by atoms with E-state index in [4.69, 9.17) is 4.74 Å². The number of aryl methyl sites for hydroxylation is 1. The third-order valence-electron chi connectivity index (χ3n) is 1.93. The predicted octanol–water partition coefficient (Wildman–Crippen LogP) is 2.14. The van der Waals surface area contributed by atoms with Crippen LogP contribution in [-0.2, 0) is 4.74 Å².